The molecule has 1 saturated heterocycles. The quantitative estimate of drug-likeness (QED) is 0.785. The lowest BCUT2D eigenvalue weighted by molar-refractivity contribution is 0.253. The Bertz CT molecular complexity index is 530. The van der Waals surface area contributed by atoms with Crippen LogP contribution in [0.1, 0.15) is 5.56 Å². The summed E-state index contributed by atoms with van der Waals surface area (Å²) in [5, 5.41) is 3.25. The molecule has 0 aliphatic carbocycles. The van der Waals surface area contributed by atoms with E-state index in [1.807, 2.05) is 24.3 Å². The SMILES string of the molecule is O=S(=O)(CCN1CCNCC1)NCc1cccc(Br)c1. The summed E-state index contributed by atoms with van der Waals surface area (Å²) in [6, 6.07) is 7.64. The maximum Gasteiger partial charge on any atom is 0.213 e. The molecule has 112 valence electrons. The van der Waals surface area contributed by atoms with E-state index in [0.29, 0.717) is 13.1 Å². The summed E-state index contributed by atoms with van der Waals surface area (Å²) in [7, 11) is -3.22. The highest BCUT2D eigenvalue weighted by Crippen LogP contribution is 2.11. The van der Waals surface area contributed by atoms with Crippen molar-refractivity contribution < 1.29 is 8.42 Å². The fourth-order valence-corrected chi connectivity index (χ4v) is 3.57. The van der Waals surface area contributed by atoms with Gasteiger partial charge in [0.05, 0.1) is 5.75 Å². The van der Waals surface area contributed by atoms with Gasteiger partial charge >= 0.3 is 0 Å². The Morgan fingerprint density at radius 2 is 2.05 bits per heavy atom. The van der Waals surface area contributed by atoms with Crippen molar-refractivity contribution in [1.29, 1.82) is 0 Å². The van der Waals surface area contributed by atoms with Crippen LogP contribution in [-0.4, -0.2) is 51.8 Å². The Balaban J connectivity index is 1.78. The van der Waals surface area contributed by atoms with Crippen molar-refractivity contribution in [2.24, 2.45) is 0 Å². The van der Waals surface area contributed by atoms with Gasteiger partial charge < -0.3 is 5.32 Å². The number of nitrogens with zero attached hydrogens (tertiary/aromatic N) is 1. The number of rotatable bonds is 6. The minimum Gasteiger partial charge on any atom is -0.314 e. The summed E-state index contributed by atoms with van der Waals surface area (Å²) in [6.45, 7) is 4.64. The molecule has 1 heterocycles. The highest BCUT2D eigenvalue weighted by atomic mass is 79.9. The largest absolute Gasteiger partial charge is 0.314 e. The van der Waals surface area contributed by atoms with Crippen LogP contribution in [-0.2, 0) is 16.6 Å². The molecule has 1 aromatic carbocycles. The van der Waals surface area contributed by atoms with Crippen LogP contribution in [0, 0.1) is 0 Å². The Kier molecular flexibility index (Phi) is 5.98. The van der Waals surface area contributed by atoms with Gasteiger partial charge in [-0.05, 0) is 17.7 Å². The van der Waals surface area contributed by atoms with E-state index in [0.717, 1.165) is 36.2 Å². The first-order valence-electron chi connectivity index (χ1n) is 6.70. The molecule has 5 nitrogen and oxygen atoms in total. The van der Waals surface area contributed by atoms with Gasteiger partial charge in [0, 0.05) is 43.7 Å². The van der Waals surface area contributed by atoms with Crippen molar-refractivity contribution in [2.75, 3.05) is 38.5 Å². The molecular weight excluding hydrogens is 342 g/mol. The molecule has 1 aromatic rings. The second kappa shape index (κ2) is 7.51. The van der Waals surface area contributed by atoms with Crippen molar-refractivity contribution in [3.63, 3.8) is 0 Å². The van der Waals surface area contributed by atoms with E-state index in [2.05, 4.69) is 30.9 Å². The second-order valence-electron chi connectivity index (χ2n) is 4.86. The van der Waals surface area contributed by atoms with E-state index in [-0.39, 0.29) is 5.75 Å². The van der Waals surface area contributed by atoms with Crippen LogP contribution in [0.5, 0.6) is 0 Å². The number of halogens is 1. The van der Waals surface area contributed by atoms with Gasteiger partial charge in [0.25, 0.3) is 0 Å². The maximum atomic E-state index is 12.0. The minimum absolute atomic E-state index is 0.154. The van der Waals surface area contributed by atoms with E-state index in [4.69, 9.17) is 0 Å². The second-order valence-corrected chi connectivity index (χ2v) is 7.70. The lowest BCUT2D eigenvalue weighted by atomic mass is 10.2. The molecule has 7 heteroatoms. The number of hydrogen-bond acceptors (Lipinski definition) is 4. The Morgan fingerprint density at radius 3 is 2.75 bits per heavy atom. The normalized spacial score (nSPS) is 17.2. The van der Waals surface area contributed by atoms with Gasteiger partial charge in [-0.1, -0.05) is 28.1 Å². The number of sulfonamides is 1. The number of benzene rings is 1. The summed E-state index contributed by atoms with van der Waals surface area (Å²) in [5.74, 6) is 0.154. The topological polar surface area (TPSA) is 61.4 Å². The van der Waals surface area contributed by atoms with Crippen LogP contribution in [0.4, 0.5) is 0 Å². The number of piperazine rings is 1. The zero-order valence-electron chi connectivity index (χ0n) is 11.3. The van der Waals surface area contributed by atoms with Crippen LogP contribution in [0.3, 0.4) is 0 Å². The van der Waals surface area contributed by atoms with E-state index < -0.39 is 10.0 Å². The van der Waals surface area contributed by atoms with E-state index in [1.165, 1.54) is 0 Å². The molecule has 0 aromatic heterocycles. The molecule has 1 fully saturated rings. The highest BCUT2D eigenvalue weighted by Gasteiger charge is 2.15. The molecule has 0 atom stereocenters. The molecule has 0 saturated carbocycles. The first-order chi connectivity index (χ1) is 9.55. The van der Waals surface area contributed by atoms with Crippen LogP contribution >= 0.6 is 15.9 Å². The monoisotopic (exact) mass is 361 g/mol. The maximum absolute atomic E-state index is 12.0. The van der Waals surface area contributed by atoms with E-state index in [1.54, 1.807) is 0 Å². The molecule has 2 N–H and O–H groups in total. The van der Waals surface area contributed by atoms with Crippen LogP contribution in [0.2, 0.25) is 0 Å². The average molecular weight is 362 g/mol. The molecule has 2 rings (SSSR count). The smallest absolute Gasteiger partial charge is 0.213 e. The van der Waals surface area contributed by atoms with Crippen molar-refractivity contribution in [3.05, 3.63) is 34.3 Å². The van der Waals surface area contributed by atoms with Gasteiger partial charge in [-0.25, -0.2) is 13.1 Å². The Morgan fingerprint density at radius 1 is 1.30 bits per heavy atom. The van der Waals surface area contributed by atoms with Crippen molar-refractivity contribution in [2.45, 2.75) is 6.54 Å². The first-order valence-corrected chi connectivity index (χ1v) is 9.14. The van der Waals surface area contributed by atoms with E-state index >= 15 is 0 Å². The molecule has 0 radical (unpaired) electrons. The lowest BCUT2D eigenvalue weighted by Gasteiger charge is -2.26. The zero-order chi connectivity index (χ0) is 14.4. The standard InChI is InChI=1S/C13H20BrN3O2S/c14-13-3-1-2-12(10-13)11-16-20(18,19)9-8-17-6-4-15-5-7-17/h1-3,10,15-16H,4-9,11H2. The summed E-state index contributed by atoms with van der Waals surface area (Å²) in [4.78, 5) is 2.18. The Labute approximate surface area is 128 Å². The predicted molar refractivity (Wildman–Crippen MR) is 84.1 cm³/mol. The third-order valence-electron chi connectivity index (χ3n) is 3.27. The van der Waals surface area contributed by atoms with Crippen molar-refractivity contribution in [1.82, 2.24) is 14.9 Å². The summed E-state index contributed by atoms with van der Waals surface area (Å²) in [6.07, 6.45) is 0. The molecule has 0 amide bonds. The Hall–Kier alpha value is -0.470. The summed E-state index contributed by atoms with van der Waals surface area (Å²) < 4.78 is 27.5. The minimum atomic E-state index is -3.22. The molecule has 0 unspecified atom stereocenters. The average Bonchev–Trinajstić information content (AvgIpc) is 2.45. The van der Waals surface area contributed by atoms with Crippen LogP contribution < -0.4 is 10.0 Å². The molecular formula is C13H20BrN3O2S. The van der Waals surface area contributed by atoms with Gasteiger partial charge in [0.1, 0.15) is 0 Å². The molecule has 20 heavy (non-hydrogen) atoms. The summed E-state index contributed by atoms with van der Waals surface area (Å²) in [5.41, 5.74) is 0.949. The zero-order valence-corrected chi connectivity index (χ0v) is 13.7. The van der Waals surface area contributed by atoms with Crippen LogP contribution in [0.15, 0.2) is 28.7 Å². The highest BCUT2D eigenvalue weighted by molar-refractivity contribution is 9.10. The molecule has 1 aliphatic heterocycles. The third kappa shape index (κ3) is 5.49. The van der Waals surface area contributed by atoms with Crippen molar-refractivity contribution in [3.8, 4) is 0 Å². The molecule has 0 spiro atoms. The van der Waals surface area contributed by atoms with Gasteiger partial charge in [0.2, 0.25) is 10.0 Å². The molecule has 1 aliphatic rings. The van der Waals surface area contributed by atoms with Gasteiger partial charge in [-0.15, -0.1) is 0 Å². The lowest BCUT2D eigenvalue weighted by Crippen LogP contribution is -2.45. The fraction of sp³-hybridized carbons (Fsp3) is 0.538. The third-order valence-corrected chi connectivity index (χ3v) is 5.07. The fourth-order valence-electron chi connectivity index (χ4n) is 2.10. The summed E-state index contributed by atoms with van der Waals surface area (Å²) >= 11 is 3.38. The first kappa shape index (κ1) is 15.9. The van der Waals surface area contributed by atoms with E-state index in [9.17, 15) is 8.42 Å². The number of nitrogens with one attached hydrogen (secondary N) is 2. The predicted octanol–water partition coefficient (Wildman–Crippen LogP) is 0.774. The number of hydrogen-bond donors (Lipinski definition) is 2. The van der Waals surface area contributed by atoms with Crippen molar-refractivity contribution >= 4 is 26.0 Å². The van der Waals surface area contributed by atoms with Crippen LogP contribution in [0.25, 0.3) is 0 Å². The van der Waals surface area contributed by atoms with Gasteiger partial charge in [-0.3, -0.25) is 4.90 Å². The van der Waals surface area contributed by atoms with Gasteiger partial charge in [-0.2, -0.15) is 0 Å². The van der Waals surface area contributed by atoms with Gasteiger partial charge in [0.15, 0.2) is 0 Å². The molecule has 0 bridgehead atoms.